The van der Waals surface area contributed by atoms with Gasteiger partial charge in [0.05, 0.1) is 0 Å². The van der Waals surface area contributed by atoms with Gasteiger partial charge in [0, 0.05) is 0 Å². The summed E-state index contributed by atoms with van der Waals surface area (Å²) in [5.41, 5.74) is 12.3. The zero-order chi connectivity index (χ0) is 47.3. The monoisotopic (exact) mass is 1040 g/mol. The van der Waals surface area contributed by atoms with E-state index in [1.165, 1.54) is 115 Å². The molecule has 0 atom stereocenters. The summed E-state index contributed by atoms with van der Waals surface area (Å²) in [7, 11) is 0. The molecule has 0 aliphatic rings. The molecule has 0 spiro atoms. The molecule has 0 aliphatic carbocycles. The van der Waals surface area contributed by atoms with E-state index in [2.05, 4.69) is 266 Å². The second-order valence-electron chi connectivity index (χ2n) is 18.9. The fourth-order valence-corrected chi connectivity index (χ4v) is 9.65. The Bertz CT molecular complexity index is 3530. The van der Waals surface area contributed by atoms with E-state index < -0.39 is 0 Å². The van der Waals surface area contributed by atoms with Crippen LogP contribution in [0.5, 0.6) is 0 Å². The van der Waals surface area contributed by atoms with Gasteiger partial charge < -0.3 is 0 Å². The summed E-state index contributed by atoms with van der Waals surface area (Å²) in [6, 6.07) is 79.3. The predicted octanol–water partition coefficient (Wildman–Crippen LogP) is 20.3. The molecular formula is C66H61Cl2SiZr-3. The van der Waals surface area contributed by atoms with Gasteiger partial charge in [0.15, 0.2) is 0 Å². The zero-order valence-electron chi connectivity index (χ0n) is 41.3. The molecule has 0 heterocycles. The first-order chi connectivity index (χ1) is 33.0. The standard InChI is InChI=1S/2C22H19.C20H15.C2H6Si.2ClH.Zr/c2*1-15(2)18-13-17-9-6-12-21(22(17)14-18)20-11-5-8-16-7-3-4-10-19(16)20;1-14-12-16-8-5-11-19(20(16)13-14)18-10-4-7-15-6-2-3-9-17(15)18;1-3-2;;;/h2*3-15H,1-2H3;2-13H,1H3;1-2H3;2*1H;/q3*-1;;;;. The van der Waals surface area contributed by atoms with Crippen LogP contribution in [0.4, 0.5) is 0 Å². The van der Waals surface area contributed by atoms with Crippen LogP contribution in [0.25, 0.3) is 98.0 Å². The molecule has 0 saturated carbocycles. The Morgan fingerprint density at radius 3 is 0.929 bits per heavy atom. The van der Waals surface area contributed by atoms with Crippen LogP contribution in [-0.4, -0.2) is 5.43 Å². The predicted molar refractivity (Wildman–Crippen MR) is 312 cm³/mol. The fraction of sp³-hybridized carbons (Fsp3) is 0.136. The summed E-state index contributed by atoms with van der Waals surface area (Å²) in [6.45, 7) is 15.8. The van der Waals surface area contributed by atoms with Gasteiger partial charge in [-0.25, -0.2) is 0 Å². The van der Waals surface area contributed by atoms with Gasteiger partial charge in [-0.1, -0.05) is 197 Å². The number of aryl methyl sites for hydroxylation is 1. The molecule has 4 heteroatoms. The van der Waals surface area contributed by atoms with Crippen molar-refractivity contribution in [2.75, 3.05) is 0 Å². The summed E-state index contributed by atoms with van der Waals surface area (Å²) >= 11 is 1.74. The minimum Gasteiger partial charge on any atom is -0.165 e. The smallest absolute Gasteiger partial charge is 0.0114 e. The summed E-state index contributed by atoms with van der Waals surface area (Å²) in [5.74, 6) is 1.13. The largest absolute Gasteiger partial charge is 0.165 e. The maximum Gasteiger partial charge on any atom is -0.0114 e. The average molecular weight is 1040 g/mol. The summed E-state index contributed by atoms with van der Waals surface area (Å²) < 4.78 is 0. The molecule has 12 rings (SSSR count). The molecule has 0 nitrogen and oxygen atoms in total. The van der Waals surface area contributed by atoms with Crippen LogP contribution in [0.2, 0.25) is 13.1 Å². The molecule has 0 bridgehead atoms. The Hall–Kier alpha value is -5.73. The molecule has 0 aromatic heterocycles. The second-order valence-corrected chi connectivity index (χ2v) is 28.3. The van der Waals surface area contributed by atoms with Crippen LogP contribution in [0.15, 0.2) is 218 Å². The molecule has 0 aliphatic heterocycles. The quantitative estimate of drug-likeness (QED) is 0.119. The second kappa shape index (κ2) is 23.5. The van der Waals surface area contributed by atoms with Crippen molar-refractivity contribution in [2.45, 2.75) is 59.5 Å². The van der Waals surface area contributed by atoms with Gasteiger partial charge in [-0.15, -0.1) is 128 Å². The van der Waals surface area contributed by atoms with Crippen molar-refractivity contribution in [1.29, 1.82) is 0 Å². The van der Waals surface area contributed by atoms with Gasteiger partial charge >= 0.3 is 41.9 Å². The molecule has 12 aromatic carbocycles. The topological polar surface area (TPSA) is 0 Å². The fourth-order valence-electron chi connectivity index (χ4n) is 9.65. The molecule has 0 N–H and O–H groups in total. The number of hydrogen-bond acceptors (Lipinski definition) is 0. The SMILES string of the molecule is CC(C)c1cc2c(-c3cccc4ccccc34)cccc2[cH-]1.CC(C)c1cc2c(-c3cccc4ccccc34)cccc2[cH-]1.C[Si](C)=[Zr].Cc1cc2c(-c3cccc4ccccc34)cccc2[cH-]1.Cl.Cl. The van der Waals surface area contributed by atoms with Gasteiger partial charge in [0.1, 0.15) is 0 Å². The van der Waals surface area contributed by atoms with Crippen LogP contribution in [0.3, 0.4) is 0 Å². The number of hydrogen-bond donors (Lipinski definition) is 0. The minimum absolute atomic E-state index is 0. The summed E-state index contributed by atoms with van der Waals surface area (Å²) in [5, 5.41) is 15.9. The van der Waals surface area contributed by atoms with Crippen molar-refractivity contribution in [2.24, 2.45) is 0 Å². The first kappa shape index (κ1) is 52.1. The van der Waals surface area contributed by atoms with E-state index in [1.54, 1.807) is 23.3 Å². The molecule has 0 unspecified atom stereocenters. The van der Waals surface area contributed by atoms with E-state index in [0.717, 1.165) is 0 Å². The van der Waals surface area contributed by atoms with Gasteiger partial charge in [-0.05, 0) is 60.8 Å². The summed E-state index contributed by atoms with van der Waals surface area (Å²) in [4.78, 5) is 0. The van der Waals surface area contributed by atoms with Crippen molar-refractivity contribution < 1.29 is 23.3 Å². The number of fused-ring (bicyclic) bond motifs is 6. The Morgan fingerprint density at radius 2 is 0.600 bits per heavy atom. The van der Waals surface area contributed by atoms with Crippen LogP contribution in [-0.2, 0) is 23.3 Å². The van der Waals surface area contributed by atoms with E-state index in [9.17, 15) is 0 Å². The van der Waals surface area contributed by atoms with Gasteiger partial charge in [-0.2, -0.15) is 18.2 Å². The van der Waals surface area contributed by atoms with Gasteiger partial charge in [-0.3, -0.25) is 0 Å². The van der Waals surface area contributed by atoms with E-state index in [0.29, 0.717) is 11.8 Å². The molecule has 0 fully saturated rings. The van der Waals surface area contributed by atoms with Gasteiger partial charge in [0.2, 0.25) is 0 Å². The molecule has 0 amide bonds. The zero-order valence-corrected chi connectivity index (χ0v) is 46.3. The van der Waals surface area contributed by atoms with Crippen LogP contribution < -0.4 is 0 Å². The maximum atomic E-state index is 2.36. The number of halogens is 2. The van der Waals surface area contributed by atoms with Crippen LogP contribution >= 0.6 is 24.8 Å². The Kier molecular flexibility index (Phi) is 17.5. The average Bonchev–Trinajstić information content (AvgIpc) is 4.11. The first-order valence-electron chi connectivity index (χ1n) is 24.0. The third kappa shape index (κ3) is 11.4. The van der Waals surface area contributed by atoms with E-state index >= 15 is 0 Å². The Labute approximate surface area is 442 Å². The van der Waals surface area contributed by atoms with Crippen molar-refractivity contribution in [3.63, 3.8) is 0 Å². The number of benzene rings is 9. The van der Waals surface area contributed by atoms with Crippen molar-refractivity contribution in [3.8, 4) is 33.4 Å². The number of rotatable bonds is 5. The Balaban J connectivity index is 0.000000147. The molecule has 350 valence electrons. The molecule has 70 heavy (non-hydrogen) atoms. The Morgan fingerprint density at radius 1 is 0.343 bits per heavy atom. The minimum atomic E-state index is 0. The van der Waals surface area contributed by atoms with Gasteiger partial charge in [0.25, 0.3) is 0 Å². The first-order valence-corrected chi connectivity index (χ1v) is 30.2. The molecule has 0 radical (unpaired) electrons. The normalized spacial score (nSPS) is 10.9. The van der Waals surface area contributed by atoms with Crippen molar-refractivity contribution >= 4 is 94.9 Å². The maximum absolute atomic E-state index is 2.36. The third-order valence-corrected chi connectivity index (χ3v) is 13.0. The summed E-state index contributed by atoms with van der Waals surface area (Å²) in [6.07, 6.45) is 0. The third-order valence-electron chi connectivity index (χ3n) is 13.0. The van der Waals surface area contributed by atoms with E-state index in [-0.39, 0.29) is 30.2 Å². The van der Waals surface area contributed by atoms with E-state index in [1.807, 2.05) is 0 Å². The van der Waals surface area contributed by atoms with Crippen LogP contribution in [0, 0.1) is 6.92 Å². The van der Waals surface area contributed by atoms with Crippen molar-refractivity contribution in [3.05, 3.63) is 235 Å². The van der Waals surface area contributed by atoms with E-state index in [4.69, 9.17) is 0 Å². The molecular weight excluding hydrogens is 983 g/mol. The molecule has 12 aromatic rings. The molecule has 0 saturated heterocycles. The van der Waals surface area contributed by atoms with Crippen molar-refractivity contribution in [1.82, 2.24) is 0 Å². The van der Waals surface area contributed by atoms with Crippen LogP contribution in [0.1, 0.15) is 56.2 Å².